The number of fused-ring (bicyclic) bond motifs is 1. The highest BCUT2D eigenvalue weighted by Gasteiger charge is 2.08. The van der Waals surface area contributed by atoms with Crippen molar-refractivity contribution >= 4 is 23.3 Å². The minimum atomic E-state index is -0.250. The van der Waals surface area contributed by atoms with Crippen LogP contribution in [0.3, 0.4) is 0 Å². The molecule has 0 saturated carbocycles. The molecule has 0 radical (unpaired) electrons. The van der Waals surface area contributed by atoms with Gasteiger partial charge < -0.3 is 19.9 Å². The fourth-order valence-corrected chi connectivity index (χ4v) is 2.57. The first-order valence-corrected chi connectivity index (χ1v) is 8.80. The summed E-state index contributed by atoms with van der Waals surface area (Å²) >= 11 is 0. The first kappa shape index (κ1) is 21.0. The zero-order chi connectivity index (χ0) is 20.4. The number of aromatic nitrogens is 3. The molecular weight excluding hydrogens is 360 g/mol. The molecular formula is C20H24N4O4. The molecule has 0 saturated heterocycles. The average Bonchev–Trinajstić information content (AvgIpc) is 2.69. The van der Waals surface area contributed by atoms with Gasteiger partial charge in [-0.3, -0.25) is 4.79 Å². The van der Waals surface area contributed by atoms with E-state index in [2.05, 4.69) is 28.3 Å². The molecule has 8 nitrogen and oxygen atoms in total. The monoisotopic (exact) mass is 384 g/mol. The Morgan fingerprint density at radius 3 is 2.54 bits per heavy atom. The van der Waals surface area contributed by atoms with Crippen molar-refractivity contribution in [1.82, 2.24) is 15.0 Å². The van der Waals surface area contributed by atoms with E-state index in [1.165, 1.54) is 0 Å². The van der Waals surface area contributed by atoms with Gasteiger partial charge in [-0.1, -0.05) is 0 Å². The third kappa shape index (κ3) is 5.62. The Morgan fingerprint density at radius 1 is 1.18 bits per heavy atom. The molecule has 0 spiro atoms. The molecule has 8 heteroatoms. The van der Waals surface area contributed by atoms with Gasteiger partial charge in [0, 0.05) is 43.1 Å². The van der Waals surface area contributed by atoms with E-state index in [0.29, 0.717) is 19.2 Å². The second-order valence-electron chi connectivity index (χ2n) is 5.78. The molecule has 0 aliphatic heterocycles. The normalized spacial score (nSPS) is 10.1. The Labute approximate surface area is 163 Å². The molecule has 0 amide bonds. The number of rotatable bonds is 7. The molecule has 2 heterocycles. The van der Waals surface area contributed by atoms with Crippen LogP contribution in [-0.2, 0) is 9.53 Å². The smallest absolute Gasteiger partial charge is 0.290 e. The minimum absolute atomic E-state index is 0.250. The van der Waals surface area contributed by atoms with E-state index in [1.54, 1.807) is 19.5 Å². The summed E-state index contributed by atoms with van der Waals surface area (Å²) in [6, 6.07) is 8.00. The number of anilines is 1. The number of hydrogen-bond donors (Lipinski definition) is 2. The highest BCUT2D eigenvalue weighted by Crippen LogP contribution is 2.26. The summed E-state index contributed by atoms with van der Waals surface area (Å²) in [6.45, 7) is 5.70. The van der Waals surface area contributed by atoms with Crippen molar-refractivity contribution in [2.45, 2.75) is 13.8 Å². The van der Waals surface area contributed by atoms with Gasteiger partial charge in [0.25, 0.3) is 6.47 Å². The van der Waals surface area contributed by atoms with E-state index in [1.807, 2.05) is 25.1 Å². The van der Waals surface area contributed by atoms with Crippen molar-refractivity contribution < 1.29 is 19.4 Å². The minimum Gasteiger partial charge on any atom is -0.491 e. The van der Waals surface area contributed by atoms with Crippen molar-refractivity contribution in [2.75, 3.05) is 32.2 Å². The third-order valence-electron chi connectivity index (χ3n) is 3.83. The zero-order valence-corrected chi connectivity index (χ0v) is 16.2. The first-order valence-electron chi connectivity index (χ1n) is 8.80. The molecule has 3 rings (SSSR count). The van der Waals surface area contributed by atoms with E-state index in [9.17, 15) is 0 Å². The van der Waals surface area contributed by atoms with Gasteiger partial charge in [-0.05, 0) is 37.6 Å². The maximum atomic E-state index is 8.36. The number of benzene rings is 1. The molecule has 2 N–H and O–H groups in total. The number of hydrogen-bond acceptors (Lipinski definition) is 7. The van der Waals surface area contributed by atoms with Gasteiger partial charge in [0.1, 0.15) is 12.4 Å². The predicted molar refractivity (Wildman–Crippen MR) is 108 cm³/mol. The van der Waals surface area contributed by atoms with Crippen LogP contribution >= 0.6 is 0 Å². The zero-order valence-electron chi connectivity index (χ0n) is 16.2. The predicted octanol–water partition coefficient (Wildman–Crippen LogP) is 3.16. The lowest BCUT2D eigenvalue weighted by Crippen LogP contribution is -2.04. The molecule has 0 bridgehead atoms. The Balaban J connectivity index is 0.000000878. The summed E-state index contributed by atoms with van der Waals surface area (Å²) in [6.07, 6.45) is 3.58. The van der Waals surface area contributed by atoms with E-state index in [0.717, 1.165) is 40.0 Å². The van der Waals surface area contributed by atoms with Crippen LogP contribution < -0.4 is 10.1 Å². The number of ether oxygens (including phenoxy) is 2. The van der Waals surface area contributed by atoms with Crippen molar-refractivity contribution in [3.8, 4) is 17.0 Å². The van der Waals surface area contributed by atoms with Gasteiger partial charge in [0.15, 0.2) is 0 Å². The molecule has 28 heavy (non-hydrogen) atoms. The van der Waals surface area contributed by atoms with Crippen LogP contribution in [-0.4, -0.2) is 53.4 Å². The van der Waals surface area contributed by atoms with Crippen LogP contribution in [0, 0.1) is 6.92 Å². The number of carbonyl (C=O) groups is 1. The van der Waals surface area contributed by atoms with E-state index in [4.69, 9.17) is 24.4 Å². The number of aryl methyl sites for hydroxylation is 1. The van der Waals surface area contributed by atoms with Gasteiger partial charge in [0.2, 0.25) is 5.95 Å². The molecule has 1 aromatic carbocycles. The highest BCUT2D eigenvalue weighted by molar-refractivity contribution is 5.86. The van der Waals surface area contributed by atoms with Gasteiger partial charge in [-0.15, -0.1) is 0 Å². The van der Waals surface area contributed by atoms with Crippen LogP contribution in [0.1, 0.15) is 12.5 Å². The number of pyridine rings is 1. The molecule has 148 valence electrons. The fraction of sp³-hybridized carbons (Fsp3) is 0.300. The quantitative estimate of drug-likeness (QED) is 0.473. The maximum absolute atomic E-state index is 8.36. The lowest BCUT2D eigenvalue weighted by molar-refractivity contribution is -0.122. The molecule has 0 aliphatic rings. The Hall–Kier alpha value is -3.26. The Bertz CT molecular complexity index is 901. The number of methoxy groups -OCH3 is 1. The molecule has 3 aromatic rings. The largest absolute Gasteiger partial charge is 0.491 e. The van der Waals surface area contributed by atoms with Crippen molar-refractivity contribution in [3.05, 3.63) is 42.2 Å². The summed E-state index contributed by atoms with van der Waals surface area (Å²) in [5, 5.41) is 11.1. The van der Waals surface area contributed by atoms with Gasteiger partial charge in [0.05, 0.1) is 17.8 Å². The summed E-state index contributed by atoms with van der Waals surface area (Å²) in [4.78, 5) is 21.8. The summed E-state index contributed by atoms with van der Waals surface area (Å²) in [7, 11) is 1.66. The topological polar surface area (TPSA) is 106 Å². The molecule has 0 atom stereocenters. The van der Waals surface area contributed by atoms with Crippen molar-refractivity contribution in [2.24, 2.45) is 0 Å². The standard InChI is InChI=1S/C19H22N4O2.CH2O2/c1-4-20-19-21-11-14(12-22-19)17-9-13(2)16-6-5-15(10-18(16)23-17)25-8-7-24-3;2-1-3/h5-6,9-12H,4,7-8H2,1-3H3,(H,20,21,22);1H,(H,2,3). The lowest BCUT2D eigenvalue weighted by atomic mass is 10.1. The lowest BCUT2D eigenvalue weighted by Gasteiger charge is -2.10. The van der Waals surface area contributed by atoms with Crippen LogP contribution in [0.2, 0.25) is 0 Å². The van der Waals surface area contributed by atoms with Gasteiger partial charge in [-0.25, -0.2) is 15.0 Å². The number of carboxylic acid groups (broad SMARTS) is 1. The second kappa shape index (κ2) is 10.8. The molecule has 0 unspecified atom stereocenters. The number of nitrogens with zero attached hydrogens (tertiary/aromatic N) is 3. The maximum Gasteiger partial charge on any atom is 0.290 e. The summed E-state index contributed by atoms with van der Waals surface area (Å²) in [5.74, 6) is 1.41. The summed E-state index contributed by atoms with van der Waals surface area (Å²) in [5.41, 5.74) is 3.78. The van der Waals surface area contributed by atoms with Crippen molar-refractivity contribution in [1.29, 1.82) is 0 Å². The van der Waals surface area contributed by atoms with Crippen LogP contribution in [0.5, 0.6) is 5.75 Å². The first-order chi connectivity index (χ1) is 13.6. The van der Waals surface area contributed by atoms with Gasteiger partial charge >= 0.3 is 0 Å². The van der Waals surface area contributed by atoms with Crippen LogP contribution in [0.4, 0.5) is 5.95 Å². The SMILES string of the molecule is CCNc1ncc(-c2cc(C)c3ccc(OCCOC)cc3n2)cn1.O=CO. The third-order valence-corrected chi connectivity index (χ3v) is 3.83. The van der Waals surface area contributed by atoms with Crippen LogP contribution in [0.25, 0.3) is 22.2 Å². The second-order valence-corrected chi connectivity index (χ2v) is 5.78. The highest BCUT2D eigenvalue weighted by atomic mass is 16.5. The Morgan fingerprint density at radius 2 is 1.89 bits per heavy atom. The summed E-state index contributed by atoms with van der Waals surface area (Å²) < 4.78 is 10.7. The van der Waals surface area contributed by atoms with Crippen LogP contribution in [0.15, 0.2) is 36.7 Å². The van der Waals surface area contributed by atoms with Gasteiger partial charge in [-0.2, -0.15) is 0 Å². The fourth-order valence-electron chi connectivity index (χ4n) is 2.57. The Kier molecular flexibility index (Phi) is 8.11. The van der Waals surface area contributed by atoms with Crippen molar-refractivity contribution in [3.63, 3.8) is 0 Å². The average molecular weight is 384 g/mol. The molecule has 2 aromatic heterocycles. The number of nitrogens with one attached hydrogen (secondary N) is 1. The molecule has 0 fully saturated rings. The molecule has 0 aliphatic carbocycles. The van der Waals surface area contributed by atoms with E-state index >= 15 is 0 Å². The van der Waals surface area contributed by atoms with E-state index < -0.39 is 0 Å². The van der Waals surface area contributed by atoms with E-state index in [-0.39, 0.29) is 6.47 Å².